The van der Waals surface area contributed by atoms with Gasteiger partial charge in [0.25, 0.3) is 0 Å². The van der Waals surface area contributed by atoms with Crippen molar-refractivity contribution in [2.75, 3.05) is 4.72 Å². The Kier molecular flexibility index (Phi) is 6.20. The molecule has 1 aromatic heterocycles. The largest absolute Gasteiger partial charge is 0.435 e. The molecule has 1 heterocycles. The summed E-state index contributed by atoms with van der Waals surface area (Å²) in [4.78, 5) is 5.25. The molecule has 23 heavy (non-hydrogen) atoms. The minimum absolute atomic E-state index is 0.122. The number of hydrogen-bond donors (Lipinski definition) is 2. The first-order chi connectivity index (χ1) is 11.0. The average molecular weight is 360 g/mol. The van der Waals surface area contributed by atoms with Crippen molar-refractivity contribution in [1.29, 1.82) is 0 Å². The number of rotatable bonds is 8. The van der Waals surface area contributed by atoms with Crippen LogP contribution in [0, 0.1) is 0 Å². The quantitative estimate of drug-likeness (QED) is 0.658. The molecule has 2 aromatic rings. The van der Waals surface area contributed by atoms with Gasteiger partial charge < -0.3 is 14.6 Å². The van der Waals surface area contributed by atoms with Gasteiger partial charge in [-0.3, -0.25) is 0 Å². The summed E-state index contributed by atoms with van der Waals surface area (Å²) >= 11 is 2.72. The Hall–Kier alpha value is -1.38. The van der Waals surface area contributed by atoms with Crippen LogP contribution in [0.2, 0.25) is 0 Å². The van der Waals surface area contributed by atoms with Gasteiger partial charge in [-0.05, 0) is 49.1 Å². The van der Waals surface area contributed by atoms with Crippen molar-refractivity contribution in [2.45, 2.75) is 43.8 Å². The molecule has 0 spiro atoms. The Morgan fingerprint density at radius 3 is 2.52 bits per heavy atom. The number of ether oxygens (including phenoxy) is 1. The fourth-order valence-electron chi connectivity index (χ4n) is 1.94. The van der Waals surface area contributed by atoms with Crippen LogP contribution in [0.3, 0.4) is 0 Å². The molecule has 0 aliphatic rings. The highest BCUT2D eigenvalue weighted by atomic mass is 32.2. The van der Waals surface area contributed by atoms with E-state index in [0.29, 0.717) is 23.7 Å². The van der Waals surface area contributed by atoms with Crippen LogP contribution < -0.4 is 9.46 Å². The Balaban J connectivity index is 1.95. The van der Waals surface area contributed by atoms with Gasteiger partial charge >= 0.3 is 6.61 Å². The molecule has 0 atom stereocenters. The van der Waals surface area contributed by atoms with Crippen LogP contribution in [-0.2, 0) is 5.60 Å². The summed E-state index contributed by atoms with van der Waals surface area (Å²) in [6, 6.07) is 6.32. The van der Waals surface area contributed by atoms with Crippen molar-refractivity contribution in [3.05, 3.63) is 35.3 Å². The first-order valence-corrected chi connectivity index (χ1v) is 8.82. The lowest BCUT2D eigenvalue weighted by Gasteiger charge is -2.22. The lowest BCUT2D eigenvalue weighted by molar-refractivity contribution is -0.0498. The SMILES string of the molecule is CCC(O)(CC)c1csc(NSc2ccc(OC(F)F)cc2)n1. The van der Waals surface area contributed by atoms with Gasteiger partial charge in [0.1, 0.15) is 11.4 Å². The minimum Gasteiger partial charge on any atom is -0.435 e. The molecule has 0 fully saturated rings. The van der Waals surface area contributed by atoms with Gasteiger partial charge in [0.2, 0.25) is 0 Å². The number of alkyl halides is 2. The third kappa shape index (κ3) is 4.79. The van der Waals surface area contributed by atoms with Crippen LogP contribution >= 0.6 is 23.3 Å². The molecular formula is C15H18F2N2O2S2. The van der Waals surface area contributed by atoms with E-state index in [9.17, 15) is 13.9 Å². The summed E-state index contributed by atoms with van der Waals surface area (Å²) in [5.41, 5.74) is -0.230. The number of nitrogens with one attached hydrogen (secondary N) is 1. The fraction of sp³-hybridized carbons (Fsp3) is 0.400. The number of nitrogens with zero attached hydrogens (tertiary/aromatic N) is 1. The number of benzene rings is 1. The molecule has 2 rings (SSSR count). The van der Waals surface area contributed by atoms with Crippen LogP contribution in [0.5, 0.6) is 5.75 Å². The average Bonchev–Trinajstić information content (AvgIpc) is 3.02. The molecule has 126 valence electrons. The second-order valence-electron chi connectivity index (χ2n) is 4.83. The molecule has 4 nitrogen and oxygen atoms in total. The molecule has 0 saturated heterocycles. The molecule has 0 aliphatic heterocycles. The standard InChI is InChI=1S/C15H18F2N2O2S2/c1-3-15(20,4-2)12-9-22-14(18-12)19-23-11-7-5-10(6-8-11)21-13(16)17/h5-9,13,20H,3-4H2,1-2H3,(H,18,19). The molecule has 0 aliphatic carbocycles. The number of aliphatic hydroxyl groups is 1. The van der Waals surface area contributed by atoms with Gasteiger partial charge in [-0.1, -0.05) is 13.8 Å². The van der Waals surface area contributed by atoms with E-state index in [1.165, 1.54) is 35.4 Å². The Morgan fingerprint density at radius 1 is 1.30 bits per heavy atom. The summed E-state index contributed by atoms with van der Waals surface area (Å²) in [6.45, 7) is 1.03. The van der Waals surface area contributed by atoms with Gasteiger partial charge in [0.05, 0.1) is 5.69 Å². The van der Waals surface area contributed by atoms with E-state index >= 15 is 0 Å². The zero-order valence-corrected chi connectivity index (χ0v) is 14.4. The highest BCUT2D eigenvalue weighted by molar-refractivity contribution is 8.00. The van der Waals surface area contributed by atoms with Crippen molar-refractivity contribution in [2.24, 2.45) is 0 Å². The van der Waals surface area contributed by atoms with Gasteiger partial charge in [-0.2, -0.15) is 8.78 Å². The third-order valence-electron chi connectivity index (χ3n) is 3.46. The first kappa shape index (κ1) is 18.0. The lowest BCUT2D eigenvalue weighted by atomic mass is 9.94. The van der Waals surface area contributed by atoms with E-state index < -0.39 is 12.2 Å². The van der Waals surface area contributed by atoms with Gasteiger partial charge in [-0.25, -0.2) is 4.98 Å². The normalized spacial score (nSPS) is 11.7. The highest BCUT2D eigenvalue weighted by Crippen LogP contribution is 2.32. The van der Waals surface area contributed by atoms with E-state index in [1.54, 1.807) is 12.1 Å². The van der Waals surface area contributed by atoms with Crippen LogP contribution in [0.4, 0.5) is 13.9 Å². The summed E-state index contributed by atoms with van der Waals surface area (Å²) < 4.78 is 31.5. The second kappa shape index (κ2) is 7.94. The number of halogens is 2. The number of aromatic nitrogens is 1. The second-order valence-corrected chi connectivity index (χ2v) is 6.57. The summed E-state index contributed by atoms with van der Waals surface area (Å²) in [7, 11) is 0. The van der Waals surface area contributed by atoms with Crippen LogP contribution in [0.25, 0.3) is 0 Å². The van der Waals surface area contributed by atoms with Crippen LogP contribution in [0.1, 0.15) is 32.4 Å². The number of hydrogen-bond acceptors (Lipinski definition) is 6. The fourth-order valence-corrected chi connectivity index (χ4v) is 3.43. The molecule has 0 amide bonds. The van der Waals surface area contributed by atoms with E-state index in [0.717, 1.165) is 4.90 Å². The highest BCUT2D eigenvalue weighted by Gasteiger charge is 2.27. The van der Waals surface area contributed by atoms with Crippen molar-refractivity contribution < 1.29 is 18.6 Å². The van der Waals surface area contributed by atoms with E-state index in [1.807, 2.05) is 19.2 Å². The molecule has 0 saturated carbocycles. The van der Waals surface area contributed by atoms with Crippen LogP contribution in [-0.4, -0.2) is 16.7 Å². The Bertz CT molecular complexity index is 616. The molecule has 8 heteroatoms. The lowest BCUT2D eigenvalue weighted by Crippen LogP contribution is -2.23. The first-order valence-electron chi connectivity index (χ1n) is 7.13. The predicted molar refractivity (Wildman–Crippen MR) is 89.1 cm³/mol. The summed E-state index contributed by atoms with van der Waals surface area (Å²) in [5.74, 6) is 0.122. The Morgan fingerprint density at radius 2 is 1.96 bits per heavy atom. The van der Waals surface area contributed by atoms with Crippen molar-refractivity contribution in [1.82, 2.24) is 4.98 Å². The van der Waals surface area contributed by atoms with Gasteiger partial charge in [-0.15, -0.1) is 11.3 Å². The van der Waals surface area contributed by atoms with Crippen molar-refractivity contribution in [3.63, 3.8) is 0 Å². The maximum atomic E-state index is 12.1. The third-order valence-corrected chi connectivity index (χ3v) is 5.15. The number of thiazole rings is 1. The predicted octanol–water partition coefficient (Wildman–Crippen LogP) is 4.87. The molecule has 0 bridgehead atoms. The smallest absolute Gasteiger partial charge is 0.387 e. The Labute approximate surface area is 142 Å². The number of anilines is 1. The van der Waals surface area contributed by atoms with Crippen molar-refractivity contribution in [3.8, 4) is 5.75 Å². The maximum absolute atomic E-state index is 12.1. The van der Waals surface area contributed by atoms with E-state index in [4.69, 9.17) is 0 Å². The molecular weight excluding hydrogens is 342 g/mol. The zero-order chi connectivity index (χ0) is 16.9. The summed E-state index contributed by atoms with van der Waals surface area (Å²) in [6.07, 6.45) is 1.21. The minimum atomic E-state index is -2.82. The maximum Gasteiger partial charge on any atom is 0.387 e. The van der Waals surface area contributed by atoms with Gasteiger partial charge in [0, 0.05) is 10.3 Å². The van der Waals surface area contributed by atoms with E-state index in [-0.39, 0.29) is 5.75 Å². The molecule has 2 N–H and O–H groups in total. The molecule has 0 unspecified atom stereocenters. The zero-order valence-electron chi connectivity index (χ0n) is 12.8. The molecule has 1 aromatic carbocycles. The van der Waals surface area contributed by atoms with Crippen molar-refractivity contribution >= 4 is 28.4 Å². The topological polar surface area (TPSA) is 54.4 Å². The van der Waals surface area contributed by atoms with E-state index in [2.05, 4.69) is 14.4 Å². The van der Waals surface area contributed by atoms with Crippen LogP contribution in [0.15, 0.2) is 34.5 Å². The molecule has 0 radical (unpaired) electrons. The monoisotopic (exact) mass is 360 g/mol. The summed E-state index contributed by atoms with van der Waals surface area (Å²) in [5, 5.41) is 13.0. The van der Waals surface area contributed by atoms with Gasteiger partial charge in [0.15, 0.2) is 5.13 Å².